The van der Waals surface area contributed by atoms with Crippen LogP contribution in [0.1, 0.15) is 13.8 Å². The summed E-state index contributed by atoms with van der Waals surface area (Å²) >= 11 is 0. The summed E-state index contributed by atoms with van der Waals surface area (Å²) in [7, 11) is -3.44. The number of rotatable bonds is 6. The zero-order chi connectivity index (χ0) is 9.61. The second-order valence-corrected chi connectivity index (χ2v) is 4.03. The van der Waals surface area contributed by atoms with E-state index in [1.807, 2.05) is 0 Å². The van der Waals surface area contributed by atoms with Gasteiger partial charge >= 0.3 is 7.60 Å². The summed E-state index contributed by atoms with van der Waals surface area (Å²) in [6, 6.07) is 0. The lowest BCUT2D eigenvalue weighted by Gasteiger charge is -2.16. The van der Waals surface area contributed by atoms with Crippen molar-refractivity contribution in [1.29, 1.82) is 0 Å². The molecule has 0 unspecified atom stereocenters. The summed E-state index contributed by atoms with van der Waals surface area (Å²) in [6.07, 6.45) is -0.686. The maximum atomic E-state index is 11.4. The van der Waals surface area contributed by atoms with Crippen LogP contribution in [0.4, 0.5) is 0 Å². The van der Waals surface area contributed by atoms with Crippen molar-refractivity contribution in [3.8, 4) is 0 Å². The quantitative estimate of drug-likeness (QED) is 0.557. The number of carbonyl (C=O) groups excluding carboxylic acids is 1. The molecule has 0 atom stereocenters. The van der Waals surface area contributed by atoms with Gasteiger partial charge in [0.1, 0.15) is 0 Å². The Morgan fingerprint density at radius 2 is 1.75 bits per heavy atom. The zero-order valence-electron chi connectivity index (χ0n) is 7.11. The second kappa shape index (κ2) is 5.30. The van der Waals surface area contributed by atoms with Crippen molar-refractivity contribution in [3.63, 3.8) is 0 Å². The summed E-state index contributed by atoms with van der Waals surface area (Å²) in [5.74, 6) is -1.43. The fourth-order valence-electron chi connectivity index (χ4n) is 0.680. The third kappa shape index (κ3) is 4.49. The van der Waals surface area contributed by atoms with E-state index in [0.717, 1.165) is 0 Å². The van der Waals surface area contributed by atoms with Crippen LogP contribution in [0.2, 0.25) is 0 Å². The summed E-state index contributed by atoms with van der Waals surface area (Å²) in [5, 5.41) is 10.1. The van der Waals surface area contributed by atoms with Crippen molar-refractivity contribution in [2.75, 3.05) is 19.4 Å². The SMILES string of the molecule is CCOP(=O)(CC(=O)[O-])OCC. The van der Waals surface area contributed by atoms with E-state index in [1.165, 1.54) is 0 Å². The van der Waals surface area contributed by atoms with Crippen LogP contribution in [0.3, 0.4) is 0 Å². The van der Waals surface area contributed by atoms with Crippen molar-refractivity contribution in [1.82, 2.24) is 0 Å². The maximum absolute atomic E-state index is 11.4. The van der Waals surface area contributed by atoms with Crippen molar-refractivity contribution in [3.05, 3.63) is 0 Å². The van der Waals surface area contributed by atoms with E-state index in [1.54, 1.807) is 13.8 Å². The number of carboxylic acid groups (broad SMARTS) is 1. The van der Waals surface area contributed by atoms with Crippen LogP contribution in [-0.4, -0.2) is 25.3 Å². The Morgan fingerprint density at radius 3 is 2.00 bits per heavy atom. The van der Waals surface area contributed by atoms with Gasteiger partial charge in [-0.2, -0.15) is 0 Å². The Bertz CT molecular complexity index is 180. The minimum Gasteiger partial charge on any atom is -0.549 e. The van der Waals surface area contributed by atoms with E-state index >= 15 is 0 Å². The molecule has 0 bridgehead atoms. The van der Waals surface area contributed by atoms with E-state index in [2.05, 4.69) is 0 Å². The first kappa shape index (κ1) is 11.6. The van der Waals surface area contributed by atoms with Crippen molar-refractivity contribution >= 4 is 13.6 Å². The van der Waals surface area contributed by atoms with E-state index < -0.39 is 19.7 Å². The van der Waals surface area contributed by atoms with Crippen LogP contribution in [-0.2, 0) is 18.4 Å². The average molecular weight is 195 g/mol. The molecule has 0 aliphatic heterocycles. The van der Waals surface area contributed by atoms with Gasteiger partial charge in [-0.25, -0.2) is 0 Å². The molecule has 0 amide bonds. The third-order valence-corrected chi connectivity index (χ3v) is 2.92. The molecule has 0 aliphatic rings. The first-order valence-corrected chi connectivity index (χ1v) is 5.35. The number of aliphatic carboxylic acids is 1. The topological polar surface area (TPSA) is 75.7 Å². The largest absolute Gasteiger partial charge is 0.549 e. The molecule has 0 aromatic rings. The minimum atomic E-state index is -3.44. The molecular weight excluding hydrogens is 183 g/mol. The second-order valence-electron chi connectivity index (χ2n) is 1.98. The van der Waals surface area contributed by atoms with Crippen LogP contribution < -0.4 is 5.11 Å². The Hall–Kier alpha value is -0.380. The summed E-state index contributed by atoms with van der Waals surface area (Å²) in [6.45, 7) is 3.54. The van der Waals surface area contributed by atoms with Crippen molar-refractivity contribution in [2.45, 2.75) is 13.8 Å². The van der Waals surface area contributed by atoms with Crippen LogP contribution >= 0.6 is 7.60 Å². The van der Waals surface area contributed by atoms with Crippen LogP contribution in [0, 0.1) is 0 Å². The summed E-state index contributed by atoms with van der Waals surface area (Å²) < 4.78 is 20.7. The van der Waals surface area contributed by atoms with E-state index in [4.69, 9.17) is 9.05 Å². The molecule has 5 nitrogen and oxygen atoms in total. The molecule has 0 aromatic carbocycles. The van der Waals surface area contributed by atoms with Gasteiger partial charge in [0.2, 0.25) is 0 Å². The molecule has 0 aliphatic carbocycles. The average Bonchev–Trinajstić information content (AvgIpc) is 1.85. The van der Waals surface area contributed by atoms with Crippen LogP contribution in [0.25, 0.3) is 0 Å². The van der Waals surface area contributed by atoms with Crippen LogP contribution in [0.15, 0.2) is 0 Å². The molecule has 0 saturated heterocycles. The van der Waals surface area contributed by atoms with Crippen molar-refractivity contribution < 1.29 is 23.5 Å². The highest BCUT2D eigenvalue weighted by Crippen LogP contribution is 2.47. The van der Waals surface area contributed by atoms with Gasteiger partial charge in [0.15, 0.2) is 0 Å². The third-order valence-electron chi connectivity index (χ3n) is 0.974. The van der Waals surface area contributed by atoms with Crippen molar-refractivity contribution in [2.24, 2.45) is 0 Å². The molecule has 0 saturated carbocycles. The van der Waals surface area contributed by atoms with Crippen LogP contribution in [0.5, 0.6) is 0 Å². The molecule has 0 heterocycles. The molecule has 72 valence electrons. The first-order valence-electron chi connectivity index (χ1n) is 3.62. The molecule has 0 spiro atoms. The highest BCUT2D eigenvalue weighted by atomic mass is 31.2. The lowest BCUT2D eigenvalue weighted by atomic mass is 10.8. The number of hydrogen-bond donors (Lipinski definition) is 0. The smallest absolute Gasteiger partial charge is 0.336 e. The standard InChI is InChI=1S/C6H13O5P/c1-3-10-12(9,11-4-2)5-6(7)8/h3-5H2,1-2H3,(H,7,8)/p-1. The first-order chi connectivity index (χ1) is 5.54. The number of carboxylic acids is 1. The predicted octanol–water partition coefficient (Wildman–Crippen LogP) is 0.00240. The molecule has 6 heteroatoms. The summed E-state index contributed by atoms with van der Waals surface area (Å²) in [5.41, 5.74) is 0. The molecule has 0 rings (SSSR count). The zero-order valence-corrected chi connectivity index (χ0v) is 8.00. The maximum Gasteiger partial charge on any atom is 0.336 e. The van der Waals surface area contributed by atoms with E-state index in [-0.39, 0.29) is 13.2 Å². The Labute approximate surface area is 71.2 Å². The minimum absolute atomic E-state index is 0.157. The van der Waals surface area contributed by atoms with E-state index in [0.29, 0.717) is 0 Å². The molecular formula is C6H12O5P-. The normalized spacial score (nSPS) is 11.5. The number of carbonyl (C=O) groups is 1. The molecule has 0 fully saturated rings. The highest BCUT2D eigenvalue weighted by molar-refractivity contribution is 7.54. The highest BCUT2D eigenvalue weighted by Gasteiger charge is 2.23. The van der Waals surface area contributed by atoms with Gasteiger partial charge in [-0.15, -0.1) is 0 Å². The van der Waals surface area contributed by atoms with Gasteiger partial charge in [0, 0.05) is 0 Å². The Morgan fingerprint density at radius 1 is 1.33 bits per heavy atom. The predicted molar refractivity (Wildman–Crippen MR) is 40.7 cm³/mol. The Balaban J connectivity index is 4.18. The monoisotopic (exact) mass is 195 g/mol. The van der Waals surface area contributed by atoms with Gasteiger partial charge in [0.25, 0.3) is 0 Å². The van der Waals surface area contributed by atoms with Gasteiger partial charge in [-0.1, -0.05) is 0 Å². The fraction of sp³-hybridized carbons (Fsp3) is 0.833. The van der Waals surface area contributed by atoms with Gasteiger partial charge in [-0.05, 0) is 13.8 Å². The lowest BCUT2D eigenvalue weighted by Crippen LogP contribution is -2.27. The van der Waals surface area contributed by atoms with Gasteiger partial charge < -0.3 is 18.9 Å². The van der Waals surface area contributed by atoms with E-state index in [9.17, 15) is 14.5 Å². The lowest BCUT2D eigenvalue weighted by molar-refractivity contribution is -0.301. The number of hydrogen-bond acceptors (Lipinski definition) is 5. The Kier molecular flexibility index (Phi) is 5.13. The summed E-state index contributed by atoms with van der Waals surface area (Å²) in [4.78, 5) is 10.1. The van der Waals surface area contributed by atoms with Gasteiger partial charge in [-0.3, -0.25) is 4.57 Å². The molecule has 0 N–H and O–H groups in total. The van der Waals surface area contributed by atoms with Gasteiger partial charge in [0.05, 0.1) is 25.3 Å². The molecule has 0 aromatic heterocycles. The fourth-order valence-corrected chi connectivity index (χ4v) is 2.04. The molecule has 0 radical (unpaired) electrons. The molecule has 12 heavy (non-hydrogen) atoms.